The van der Waals surface area contributed by atoms with Gasteiger partial charge in [0.1, 0.15) is 0 Å². The number of hydrogen-bond donors (Lipinski definition) is 1. The van der Waals surface area contributed by atoms with Gasteiger partial charge in [0.05, 0.1) is 12.7 Å². The molecule has 0 saturated carbocycles. The second-order valence-electron chi connectivity index (χ2n) is 4.56. The smallest absolute Gasteiger partial charge is 0.156 e. The maximum absolute atomic E-state index is 8.80. The number of nitrogens with zero attached hydrogens (tertiary/aromatic N) is 2. The van der Waals surface area contributed by atoms with Crippen molar-refractivity contribution in [3.63, 3.8) is 0 Å². The molecule has 2 atom stereocenters. The maximum Gasteiger partial charge on any atom is 0.156 e. The summed E-state index contributed by atoms with van der Waals surface area (Å²) in [6.07, 6.45) is 0.949. The fourth-order valence-electron chi connectivity index (χ4n) is 1.98. The molecular formula is C12H23N3O. The van der Waals surface area contributed by atoms with Crippen molar-refractivity contribution in [1.82, 2.24) is 10.2 Å². The third-order valence-electron chi connectivity index (χ3n) is 2.78. The van der Waals surface area contributed by atoms with E-state index in [9.17, 15) is 0 Å². The van der Waals surface area contributed by atoms with Crippen LogP contribution in [0.3, 0.4) is 0 Å². The fourth-order valence-corrected chi connectivity index (χ4v) is 1.98. The van der Waals surface area contributed by atoms with Crippen molar-refractivity contribution < 1.29 is 4.74 Å². The first-order chi connectivity index (χ1) is 7.76. The molecule has 1 aliphatic heterocycles. The molecule has 2 unspecified atom stereocenters. The second kappa shape index (κ2) is 7.61. The number of rotatable bonds is 6. The lowest BCUT2D eigenvalue weighted by atomic mass is 10.1. The summed E-state index contributed by atoms with van der Waals surface area (Å²) in [5, 5.41) is 12.2. The van der Waals surface area contributed by atoms with Crippen LogP contribution in [0.25, 0.3) is 0 Å². The third kappa shape index (κ3) is 4.93. The van der Waals surface area contributed by atoms with Crippen LogP contribution in [0.5, 0.6) is 0 Å². The molecule has 4 heteroatoms. The molecule has 16 heavy (non-hydrogen) atoms. The number of nitriles is 1. The predicted molar refractivity (Wildman–Crippen MR) is 64.1 cm³/mol. The Hall–Kier alpha value is -0.630. The Morgan fingerprint density at radius 1 is 1.62 bits per heavy atom. The Morgan fingerprint density at radius 2 is 2.44 bits per heavy atom. The topological polar surface area (TPSA) is 48.3 Å². The first kappa shape index (κ1) is 13.4. The van der Waals surface area contributed by atoms with Gasteiger partial charge in [-0.25, -0.2) is 0 Å². The van der Waals surface area contributed by atoms with Gasteiger partial charge >= 0.3 is 0 Å². The van der Waals surface area contributed by atoms with E-state index in [1.807, 2.05) is 0 Å². The molecule has 0 aliphatic carbocycles. The van der Waals surface area contributed by atoms with Crippen LogP contribution >= 0.6 is 0 Å². The summed E-state index contributed by atoms with van der Waals surface area (Å²) in [7, 11) is 0. The first-order valence-corrected chi connectivity index (χ1v) is 6.20. The minimum Gasteiger partial charge on any atom is -0.361 e. The minimum absolute atomic E-state index is 0.232. The van der Waals surface area contributed by atoms with Crippen molar-refractivity contribution in [2.24, 2.45) is 5.92 Å². The largest absolute Gasteiger partial charge is 0.361 e. The zero-order chi connectivity index (χ0) is 11.8. The van der Waals surface area contributed by atoms with E-state index in [0.717, 1.165) is 32.7 Å². The average molecular weight is 225 g/mol. The molecule has 0 bridgehead atoms. The highest BCUT2D eigenvalue weighted by atomic mass is 16.5. The molecule has 0 aromatic rings. The Bertz CT molecular complexity index is 227. The van der Waals surface area contributed by atoms with E-state index < -0.39 is 0 Å². The van der Waals surface area contributed by atoms with E-state index in [0.29, 0.717) is 12.5 Å². The van der Waals surface area contributed by atoms with Crippen molar-refractivity contribution in [1.29, 1.82) is 5.26 Å². The second-order valence-corrected chi connectivity index (χ2v) is 4.56. The van der Waals surface area contributed by atoms with Gasteiger partial charge in [0.25, 0.3) is 0 Å². The van der Waals surface area contributed by atoms with E-state index in [-0.39, 0.29) is 6.10 Å². The monoisotopic (exact) mass is 225 g/mol. The molecule has 1 rings (SSSR count). The summed E-state index contributed by atoms with van der Waals surface area (Å²) in [6, 6.07) is 2.18. The van der Waals surface area contributed by atoms with Gasteiger partial charge in [0.15, 0.2) is 6.10 Å². The fraction of sp³-hybridized carbons (Fsp3) is 0.917. The van der Waals surface area contributed by atoms with Crippen molar-refractivity contribution in [2.75, 3.05) is 39.3 Å². The van der Waals surface area contributed by atoms with Crippen LogP contribution in [-0.4, -0.2) is 50.3 Å². The quantitative estimate of drug-likeness (QED) is 0.681. The van der Waals surface area contributed by atoms with Gasteiger partial charge in [-0.15, -0.1) is 0 Å². The molecule has 0 aromatic heterocycles. The molecule has 0 spiro atoms. The molecular weight excluding hydrogens is 202 g/mol. The first-order valence-electron chi connectivity index (χ1n) is 6.20. The summed E-state index contributed by atoms with van der Waals surface area (Å²) < 4.78 is 5.32. The van der Waals surface area contributed by atoms with E-state index in [2.05, 4.69) is 30.1 Å². The molecule has 0 amide bonds. The molecule has 0 aromatic carbocycles. The van der Waals surface area contributed by atoms with Crippen LogP contribution in [-0.2, 0) is 4.74 Å². The Morgan fingerprint density at radius 3 is 3.12 bits per heavy atom. The van der Waals surface area contributed by atoms with E-state index in [1.165, 1.54) is 6.42 Å². The van der Waals surface area contributed by atoms with Crippen LogP contribution in [0.1, 0.15) is 20.3 Å². The third-order valence-corrected chi connectivity index (χ3v) is 2.78. The van der Waals surface area contributed by atoms with Crippen molar-refractivity contribution in [2.45, 2.75) is 26.4 Å². The van der Waals surface area contributed by atoms with Crippen LogP contribution in [0.4, 0.5) is 0 Å². The minimum atomic E-state index is -0.232. The highest BCUT2D eigenvalue weighted by molar-refractivity contribution is 4.89. The summed E-state index contributed by atoms with van der Waals surface area (Å²) in [5.74, 6) is 0.629. The lowest BCUT2D eigenvalue weighted by molar-refractivity contribution is -0.00410. The molecule has 1 fully saturated rings. The molecule has 4 nitrogen and oxygen atoms in total. The van der Waals surface area contributed by atoms with E-state index in [4.69, 9.17) is 10.00 Å². The summed E-state index contributed by atoms with van der Waals surface area (Å²) in [4.78, 5) is 2.33. The van der Waals surface area contributed by atoms with Crippen molar-refractivity contribution in [3.8, 4) is 6.07 Å². The van der Waals surface area contributed by atoms with Gasteiger partial charge in [-0.2, -0.15) is 5.26 Å². The van der Waals surface area contributed by atoms with Crippen molar-refractivity contribution in [3.05, 3.63) is 0 Å². The Labute approximate surface area is 98.6 Å². The van der Waals surface area contributed by atoms with Crippen LogP contribution < -0.4 is 5.32 Å². The lowest BCUT2D eigenvalue weighted by Crippen LogP contribution is -2.44. The number of morpholine rings is 1. The van der Waals surface area contributed by atoms with Gasteiger partial charge in [0.2, 0.25) is 0 Å². The normalized spacial score (nSPS) is 23.9. The van der Waals surface area contributed by atoms with Crippen LogP contribution in [0.15, 0.2) is 0 Å². The average Bonchev–Trinajstić information content (AvgIpc) is 2.29. The van der Waals surface area contributed by atoms with Crippen LogP contribution in [0.2, 0.25) is 0 Å². The highest BCUT2D eigenvalue weighted by Crippen LogP contribution is 2.07. The molecule has 1 saturated heterocycles. The molecule has 92 valence electrons. The van der Waals surface area contributed by atoms with E-state index in [1.54, 1.807) is 0 Å². The predicted octanol–water partition coefficient (Wildman–Crippen LogP) is 0.846. The number of hydrogen-bond acceptors (Lipinski definition) is 4. The zero-order valence-corrected chi connectivity index (χ0v) is 10.4. The molecule has 1 heterocycles. The highest BCUT2D eigenvalue weighted by Gasteiger charge is 2.20. The van der Waals surface area contributed by atoms with Gasteiger partial charge in [-0.05, 0) is 25.4 Å². The summed E-state index contributed by atoms with van der Waals surface area (Å²) in [5.41, 5.74) is 0. The maximum atomic E-state index is 8.80. The summed E-state index contributed by atoms with van der Waals surface area (Å²) in [6.45, 7) is 10.0. The van der Waals surface area contributed by atoms with Crippen molar-refractivity contribution >= 4 is 0 Å². The Balaban J connectivity index is 2.17. The molecule has 0 radical (unpaired) electrons. The Kier molecular flexibility index (Phi) is 6.39. The van der Waals surface area contributed by atoms with Gasteiger partial charge in [0, 0.05) is 19.6 Å². The lowest BCUT2D eigenvalue weighted by Gasteiger charge is -2.31. The zero-order valence-electron chi connectivity index (χ0n) is 10.4. The SMILES string of the molecule is CCCNCC(C)CN1CCOC(C#N)C1. The molecule has 1 N–H and O–H groups in total. The van der Waals surface area contributed by atoms with Gasteiger partial charge in [-0.3, -0.25) is 4.90 Å². The van der Waals surface area contributed by atoms with Gasteiger partial charge < -0.3 is 10.1 Å². The number of ether oxygens (including phenoxy) is 1. The van der Waals surface area contributed by atoms with Crippen LogP contribution in [0, 0.1) is 17.2 Å². The standard InChI is InChI=1S/C12H23N3O/c1-3-4-14-8-11(2)9-15-5-6-16-12(7-13)10-15/h11-12,14H,3-6,8-10H2,1-2H3. The van der Waals surface area contributed by atoms with Gasteiger partial charge in [-0.1, -0.05) is 13.8 Å². The summed E-state index contributed by atoms with van der Waals surface area (Å²) >= 11 is 0. The van der Waals surface area contributed by atoms with E-state index >= 15 is 0 Å². The number of nitrogens with one attached hydrogen (secondary N) is 1. The molecule has 1 aliphatic rings.